The first-order valence-electron chi connectivity index (χ1n) is 6.01. The van der Waals surface area contributed by atoms with Crippen LogP contribution in [0.2, 0.25) is 0 Å². The van der Waals surface area contributed by atoms with E-state index < -0.39 is 10.0 Å². The number of rotatable bonds is 3. The minimum absolute atomic E-state index is 0.0728. The summed E-state index contributed by atoms with van der Waals surface area (Å²) in [7, 11) is -3.75. The van der Waals surface area contributed by atoms with Gasteiger partial charge < -0.3 is 5.73 Å². The standard InChI is InChI=1S/C12H12N6O2S/c1-7-2-4-8(5-3-7)21(19,20)18-12-9-10(13)14-6-15-11(9)16-17-12/h2-6H,1H3,(H4,13,14,15,16,17,18). The maximum atomic E-state index is 12.3. The van der Waals surface area contributed by atoms with Gasteiger partial charge in [-0.05, 0) is 19.1 Å². The fourth-order valence-corrected chi connectivity index (χ4v) is 2.87. The lowest BCUT2D eigenvalue weighted by Crippen LogP contribution is -2.13. The number of hydrogen-bond donors (Lipinski definition) is 3. The minimum atomic E-state index is -3.75. The van der Waals surface area contributed by atoms with Gasteiger partial charge in [0.25, 0.3) is 10.0 Å². The zero-order valence-electron chi connectivity index (χ0n) is 11.0. The van der Waals surface area contributed by atoms with Gasteiger partial charge in [0.05, 0.1) is 4.90 Å². The SMILES string of the molecule is Cc1ccc(S(=O)(=O)Nc2n[nH]c3ncnc(N)c23)cc1. The van der Waals surface area contributed by atoms with Gasteiger partial charge in [-0.15, -0.1) is 0 Å². The highest BCUT2D eigenvalue weighted by Crippen LogP contribution is 2.25. The highest BCUT2D eigenvalue weighted by molar-refractivity contribution is 7.92. The predicted octanol–water partition coefficient (Wildman–Crippen LogP) is 1.04. The molecule has 0 unspecified atom stereocenters. The summed E-state index contributed by atoms with van der Waals surface area (Å²) >= 11 is 0. The molecule has 0 fully saturated rings. The molecule has 0 spiro atoms. The summed E-state index contributed by atoms with van der Waals surface area (Å²) in [5, 5.41) is 6.83. The molecule has 2 heterocycles. The first kappa shape index (κ1) is 13.3. The lowest BCUT2D eigenvalue weighted by Gasteiger charge is -2.06. The van der Waals surface area contributed by atoms with Crippen LogP contribution in [0.1, 0.15) is 5.56 Å². The number of nitrogen functional groups attached to an aromatic ring is 1. The summed E-state index contributed by atoms with van der Waals surface area (Å²) in [4.78, 5) is 7.90. The number of nitrogens with two attached hydrogens (primary N) is 1. The van der Waals surface area contributed by atoms with Crippen molar-refractivity contribution in [3.8, 4) is 0 Å². The van der Waals surface area contributed by atoms with E-state index in [0.29, 0.717) is 11.0 Å². The number of aromatic amines is 1. The number of benzene rings is 1. The molecule has 0 bridgehead atoms. The summed E-state index contributed by atoms with van der Waals surface area (Å²) in [6, 6.07) is 6.47. The zero-order chi connectivity index (χ0) is 15.0. The van der Waals surface area contributed by atoms with E-state index in [1.165, 1.54) is 18.5 Å². The molecule has 0 aliphatic rings. The third-order valence-electron chi connectivity index (χ3n) is 2.95. The van der Waals surface area contributed by atoms with Crippen molar-refractivity contribution >= 4 is 32.7 Å². The van der Waals surface area contributed by atoms with Crippen LogP contribution >= 0.6 is 0 Å². The Morgan fingerprint density at radius 2 is 1.90 bits per heavy atom. The zero-order valence-corrected chi connectivity index (χ0v) is 11.8. The molecule has 0 atom stereocenters. The highest BCUT2D eigenvalue weighted by Gasteiger charge is 2.19. The van der Waals surface area contributed by atoms with Gasteiger partial charge in [0.1, 0.15) is 17.5 Å². The average Bonchev–Trinajstić information content (AvgIpc) is 2.83. The van der Waals surface area contributed by atoms with E-state index in [9.17, 15) is 8.42 Å². The van der Waals surface area contributed by atoms with Crippen molar-refractivity contribution in [3.05, 3.63) is 36.2 Å². The number of hydrogen-bond acceptors (Lipinski definition) is 6. The third kappa shape index (κ3) is 2.38. The van der Waals surface area contributed by atoms with Crippen LogP contribution in [0.15, 0.2) is 35.5 Å². The molecular weight excluding hydrogens is 292 g/mol. The van der Waals surface area contributed by atoms with E-state index in [1.54, 1.807) is 12.1 Å². The van der Waals surface area contributed by atoms with Crippen LogP contribution in [0.3, 0.4) is 0 Å². The van der Waals surface area contributed by atoms with Crippen molar-refractivity contribution in [3.63, 3.8) is 0 Å². The molecule has 0 amide bonds. The molecule has 8 nitrogen and oxygen atoms in total. The molecule has 0 radical (unpaired) electrons. The molecule has 0 saturated heterocycles. The monoisotopic (exact) mass is 304 g/mol. The predicted molar refractivity (Wildman–Crippen MR) is 78.1 cm³/mol. The van der Waals surface area contributed by atoms with Crippen LogP contribution < -0.4 is 10.5 Å². The summed E-state index contributed by atoms with van der Waals surface area (Å²) in [6.07, 6.45) is 1.27. The van der Waals surface area contributed by atoms with Crippen LogP contribution in [0.4, 0.5) is 11.6 Å². The van der Waals surface area contributed by atoms with Gasteiger partial charge in [-0.1, -0.05) is 17.7 Å². The first-order chi connectivity index (χ1) is 9.97. The highest BCUT2D eigenvalue weighted by atomic mass is 32.2. The van der Waals surface area contributed by atoms with Crippen molar-refractivity contribution < 1.29 is 8.42 Å². The van der Waals surface area contributed by atoms with Gasteiger partial charge >= 0.3 is 0 Å². The van der Waals surface area contributed by atoms with Crippen molar-refractivity contribution in [1.29, 1.82) is 0 Å². The Morgan fingerprint density at radius 1 is 1.19 bits per heavy atom. The number of nitrogens with one attached hydrogen (secondary N) is 2. The molecule has 3 aromatic rings. The van der Waals surface area contributed by atoms with Crippen LogP contribution in [0, 0.1) is 6.92 Å². The summed E-state index contributed by atoms with van der Waals surface area (Å²) in [6.45, 7) is 1.88. The Labute approximate surface area is 120 Å². The van der Waals surface area contributed by atoms with Crippen LogP contribution in [-0.4, -0.2) is 28.6 Å². The number of aromatic nitrogens is 4. The molecule has 0 aliphatic carbocycles. The maximum absolute atomic E-state index is 12.3. The normalized spacial score (nSPS) is 11.7. The smallest absolute Gasteiger partial charge is 0.263 e. The Hall–Kier alpha value is -2.68. The fourth-order valence-electron chi connectivity index (χ4n) is 1.86. The number of nitrogens with zero attached hydrogens (tertiary/aromatic N) is 3. The molecule has 108 valence electrons. The van der Waals surface area contributed by atoms with Crippen molar-refractivity contribution in [1.82, 2.24) is 20.2 Å². The van der Waals surface area contributed by atoms with E-state index in [-0.39, 0.29) is 16.5 Å². The lowest BCUT2D eigenvalue weighted by atomic mass is 10.2. The second-order valence-electron chi connectivity index (χ2n) is 4.47. The van der Waals surface area contributed by atoms with E-state index in [4.69, 9.17) is 5.73 Å². The van der Waals surface area contributed by atoms with Gasteiger partial charge in [0, 0.05) is 0 Å². The number of anilines is 2. The Balaban J connectivity index is 2.03. The van der Waals surface area contributed by atoms with Gasteiger partial charge in [0.15, 0.2) is 11.5 Å². The van der Waals surface area contributed by atoms with Crippen molar-refractivity contribution in [2.75, 3.05) is 10.5 Å². The molecular formula is C12H12N6O2S. The summed E-state index contributed by atoms with van der Waals surface area (Å²) in [5.41, 5.74) is 7.07. The van der Waals surface area contributed by atoms with Gasteiger partial charge in [-0.2, -0.15) is 5.10 Å². The van der Waals surface area contributed by atoms with Gasteiger partial charge in [-0.3, -0.25) is 9.82 Å². The Kier molecular flexibility index (Phi) is 2.98. The molecule has 4 N–H and O–H groups in total. The molecule has 1 aromatic carbocycles. The molecule has 9 heteroatoms. The van der Waals surface area contributed by atoms with Crippen molar-refractivity contribution in [2.24, 2.45) is 0 Å². The molecule has 0 aliphatic heterocycles. The topological polar surface area (TPSA) is 127 Å². The average molecular weight is 304 g/mol. The Bertz CT molecular complexity index is 901. The second kappa shape index (κ2) is 4.70. The molecule has 3 rings (SSSR count). The van der Waals surface area contributed by atoms with Crippen LogP contribution in [0.25, 0.3) is 11.0 Å². The lowest BCUT2D eigenvalue weighted by molar-refractivity contribution is 0.601. The number of sulfonamides is 1. The quantitative estimate of drug-likeness (QED) is 0.663. The first-order valence-corrected chi connectivity index (χ1v) is 7.50. The molecule has 2 aromatic heterocycles. The van der Waals surface area contributed by atoms with Gasteiger partial charge in [0.2, 0.25) is 0 Å². The van der Waals surface area contributed by atoms with E-state index in [1.807, 2.05) is 6.92 Å². The molecule has 0 saturated carbocycles. The number of aryl methyl sites for hydroxylation is 1. The maximum Gasteiger partial charge on any atom is 0.263 e. The number of fused-ring (bicyclic) bond motifs is 1. The molecule has 21 heavy (non-hydrogen) atoms. The summed E-state index contributed by atoms with van der Waals surface area (Å²) in [5.74, 6) is 0.221. The van der Waals surface area contributed by atoms with Gasteiger partial charge in [-0.25, -0.2) is 18.4 Å². The van der Waals surface area contributed by atoms with Crippen molar-refractivity contribution in [2.45, 2.75) is 11.8 Å². The van der Waals surface area contributed by atoms with E-state index in [0.717, 1.165) is 5.56 Å². The second-order valence-corrected chi connectivity index (χ2v) is 6.16. The summed E-state index contributed by atoms with van der Waals surface area (Å²) < 4.78 is 27.0. The number of H-pyrrole nitrogens is 1. The van der Waals surface area contributed by atoms with Crippen LogP contribution in [0.5, 0.6) is 0 Å². The minimum Gasteiger partial charge on any atom is -0.383 e. The largest absolute Gasteiger partial charge is 0.383 e. The van der Waals surface area contributed by atoms with E-state index >= 15 is 0 Å². The fraction of sp³-hybridized carbons (Fsp3) is 0.0833. The Morgan fingerprint density at radius 3 is 2.62 bits per heavy atom. The van der Waals surface area contributed by atoms with Crippen LogP contribution in [-0.2, 0) is 10.0 Å². The van der Waals surface area contributed by atoms with E-state index in [2.05, 4.69) is 24.9 Å². The third-order valence-corrected chi connectivity index (χ3v) is 4.30.